The molecule has 0 atom stereocenters. The molecule has 0 aromatic heterocycles. The van der Waals surface area contributed by atoms with Gasteiger partial charge in [-0.3, -0.25) is 4.79 Å². The zero-order valence-electron chi connectivity index (χ0n) is 7.47. The van der Waals surface area contributed by atoms with Crippen LogP contribution in [0, 0.1) is 21.8 Å². The van der Waals surface area contributed by atoms with E-state index in [-0.39, 0.29) is 11.7 Å². The molecule has 0 bridgehead atoms. The van der Waals surface area contributed by atoms with Crippen molar-refractivity contribution in [1.82, 2.24) is 0 Å². The third kappa shape index (κ3) is 2.25. The lowest BCUT2D eigenvalue weighted by Gasteiger charge is -2.05. The van der Waals surface area contributed by atoms with Gasteiger partial charge in [0.15, 0.2) is 5.78 Å². The number of ketones is 1. The number of alkyl halides is 1. The molecule has 14 heavy (non-hydrogen) atoms. The maximum absolute atomic E-state index is 11.4. The highest BCUT2D eigenvalue weighted by Crippen LogP contribution is 2.20. The van der Waals surface area contributed by atoms with Gasteiger partial charge in [-0.25, -0.2) is 0 Å². The van der Waals surface area contributed by atoms with Crippen molar-refractivity contribution in [1.29, 1.82) is 5.26 Å². The van der Waals surface area contributed by atoms with Crippen LogP contribution in [0.15, 0.2) is 12.1 Å². The van der Waals surface area contributed by atoms with Gasteiger partial charge in [0.1, 0.15) is 0 Å². The van der Waals surface area contributed by atoms with E-state index in [0.717, 1.165) is 9.13 Å². The van der Waals surface area contributed by atoms with Gasteiger partial charge >= 0.3 is 0 Å². The molecule has 0 heterocycles. The molecule has 0 aliphatic carbocycles. The number of Topliss-reactive ketones (excluding diaryl/α,β-unsaturated/α-hetero) is 1. The normalized spacial score (nSPS) is 9.57. The highest BCUT2D eigenvalue weighted by Gasteiger charge is 2.14. The average molecular weight is 320 g/mol. The van der Waals surface area contributed by atoms with Crippen LogP contribution in [-0.4, -0.2) is 11.7 Å². The van der Waals surface area contributed by atoms with E-state index >= 15 is 0 Å². The third-order valence-corrected chi connectivity index (χ3v) is 2.85. The van der Waals surface area contributed by atoms with Gasteiger partial charge in [0.25, 0.3) is 0 Å². The molecular weight excluding hydrogens is 312 g/mol. The van der Waals surface area contributed by atoms with Crippen LogP contribution >= 0.6 is 34.2 Å². The molecular formula is C10H7ClINO. The maximum Gasteiger partial charge on any atom is 0.179 e. The molecule has 0 saturated heterocycles. The van der Waals surface area contributed by atoms with Crippen LogP contribution in [0.2, 0.25) is 0 Å². The molecule has 2 nitrogen and oxygen atoms in total. The number of nitriles is 1. The van der Waals surface area contributed by atoms with E-state index in [4.69, 9.17) is 16.9 Å². The largest absolute Gasteiger partial charge is 0.293 e. The van der Waals surface area contributed by atoms with Crippen molar-refractivity contribution in [2.75, 3.05) is 5.88 Å². The first-order chi connectivity index (χ1) is 6.60. The molecule has 0 aliphatic rings. The Labute approximate surface area is 101 Å². The van der Waals surface area contributed by atoms with Crippen molar-refractivity contribution in [3.8, 4) is 6.07 Å². The summed E-state index contributed by atoms with van der Waals surface area (Å²) >= 11 is 7.51. The summed E-state index contributed by atoms with van der Waals surface area (Å²) in [4.78, 5) is 11.4. The number of nitrogens with zero attached hydrogens (tertiary/aromatic N) is 1. The van der Waals surface area contributed by atoms with Gasteiger partial charge in [0, 0.05) is 9.13 Å². The van der Waals surface area contributed by atoms with E-state index in [1.165, 1.54) is 0 Å². The number of carbonyl (C=O) groups is 1. The van der Waals surface area contributed by atoms with E-state index in [2.05, 4.69) is 0 Å². The maximum atomic E-state index is 11.4. The van der Waals surface area contributed by atoms with Gasteiger partial charge in [-0.15, -0.1) is 11.6 Å². The molecule has 0 spiro atoms. The molecule has 0 saturated carbocycles. The SMILES string of the molecule is Cc1cc(I)c(C(=O)CCl)c(C#N)c1. The summed E-state index contributed by atoms with van der Waals surface area (Å²) in [7, 11) is 0. The first kappa shape index (κ1) is 11.5. The fraction of sp³-hybridized carbons (Fsp3) is 0.200. The Morgan fingerprint density at radius 3 is 2.79 bits per heavy atom. The van der Waals surface area contributed by atoms with Gasteiger partial charge in [-0.1, -0.05) is 0 Å². The number of carbonyl (C=O) groups excluding carboxylic acids is 1. The zero-order valence-corrected chi connectivity index (χ0v) is 10.4. The number of benzene rings is 1. The van der Waals surface area contributed by atoms with E-state index in [1.807, 2.05) is 41.7 Å². The van der Waals surface area contributed by atoms with Crippen LogP contribution in [-0.2, 0) is 0 Å². The summed E-state index contributed by atoms with van der Waals surface area (Å²) in [6.45, 7) is 1.89. The van der Waals surface area contributed by atoms with Gasteiger partial charge in [0.05, 0.1) is 17.5 Å². The minimum atomic E-state index is -0.201. The van der Waals surface area contributed by atoms with Crippen molar-refractivity contribution in [3.63, 3.8) is 0 Å². The third-order valence-electron chi connectivity index (χ3n) is 1.76. The summed E-state index contributed by atoms with van der Waals surface area (Å²) in [6.07, 6.45) is 0. The van der Waals surface area contributed by atoms with Crippen molar-refractivity contribution in [2.24, 2.45) is 0 Å². The van der Waals surface area contributed by atoms with Gasteiger partial charge < -0.3 is 0 Å². The summed E-state index contributed by atoms with van der Waals surface area (Å²) in [6, 6.07) is 5.57. The predicted molar refractivity (Wildman–Crippen MR) is 63.7 cm³/mol. The number of rotatable bonds is 2. The molecule has 0 aliphatic heterocycles. The van der Waals surface area contributed by atoms with Crippen LogP contribution in [0.4, 0.5) is 0 Å². The summed E-state index contributed by atoms with van der Waals surface area (Å²) < 4.78 is 0.782. The van der Waals surface area contributed by atoms with Crippen LogP contribution in [0.5, 0.6) is 0 Å². The average Bonchev–Trinajstić information content (AvgIpc) is 2.15. The Bertz CT molecular complexity index is 423. The lowest BCUT2D eigenvalue weighted by atomic mass is 10.0. The fourth-order valence-corrected chi connectivity index (χ4v) is 2.40. The van der Waals surface area contributed by atoms with E-state index in [1.54, 1.807) is 6.07 Å². The highest BCUT2D eigenvalue weighted by atomic mass is 127. The number of hydrogen-bond donors (Lipinski definition) is 0. The minimum Gasteiger partial charge on any atom is -0.293 e. The molecule has 0 unspecified atom stereocenters. The zero-order chi connectivity index (χ0) is 10.7. The molecule has 0 N–H and O–H groups in total. The Hall–Kier alpha value is -0.600. The minimum absolute atomic E-state index is 0.0895. The van der Waals surface area contributed by atoms with Gasteiger partial charge in [0.2, 0.25) is 0 Å². The molecule has 0 fully saturated rings. The molecule has 1 aromatic carbocycles. The topological polar surface area (TPSA) is 40.9 Å². The van der Waals surface area contributed by atoms with Gasteiger partial charge in [-0.2, -0.15) is 5.26 Å². The van der Waals surface area contributed by atoms with Crippen LogP contribution in [0.1, 0.15) is 21.5 Å². The smallest absolute Gasteiger partial charge is 0.179 e. The molecule has 0 radical (unpaired) electrons. The Kier molecular flexibility index (Phi) is 3.90. The summed E-state index contributed by atoms with van der Waals surface area (Å²) in [5, 5.41) is 8.86. The van der Waals surface area contributed by atoms with Gasteiger partial charge in [-0.05, 0) is 47.2 Å². The quantitative estimate of drug-likeness (QED) is 0.478. The molecule has 72 valence electrons. The highest BCUT2D eigenvalue weighted by molar-refractivity contribution is 14.1. The van der Waals surface area contributed by atoms with Crippen LogP contribution in [0.3, 0.4) is 0 Å². The van der Waals surface area contributed by atoms with Crippen molar-refractivity contribution in [3.05, 3.63) is 32.4 Å². The number of halogens is 2. The number of hydrogen-bond acceptors (Lipinski definition) is 2. The van der Waals surface area contributed by atoms with Crippen molar-refractivity contribution < 1.29 is 4.79 Å². The van der Waals surface area contributed by atoms with Crippen LogP contribution in [0.25, 0.3) is 0 Å². The molecule has 1 rings (SSSR count). The molecule has 1 aromatic rings. The number of aryl methyl sites for hydroxylation is 1. The Balaban J connectivity index is 3.42. The monoisotopic (exact) mass is 319 g/mol. The lowest BCUT2D eigenvalue weighted by Crippen LogP contribution is -2.06. The second-order valence-electron chi connectivity index (χ2n) is 2.84. The molecule has 4 heteroatoms. The van der Waals surface area contributed by atoms with E-state index < -0.39 is 0 Å². The lowest BCUT2D eigenvalue weighted by molar-refractivity contribution is 0.102. The Morgan fingerprint density at radius 1 is 1.64 bits per heavy atom. The summed E-state index contributed by atoms with van der Waals surface area (Å²) in [5.74, 6) is -0.291. The Morgan fingerprint density at radius 2 is 2.29 bits per heavy atom. The molecule has 0 amide bonds. The van der Waals surface area contributed by atoms with Crippen LogP contribution < -0.4 is 0 Å². The first-order valence-electron chi connectivity index (χ1n) is 3.89. The first-order valence-corrected chi connectivity index (χ1v) is 5.51. The summed E-state index contributed by atoms with van der Waals surface area (Å²) in [5.41, 5.74) is 1.81. The standard InChI is InChI=1S/C10H7ClINO/c1-6-2-7(5-13)10(8(12)3-6)9(14)4-11/h2-3H,4H2,1H3. The van der Waals surface area contributed by atoms with Crippen molar-refractivity contribution >= 4 is 40.0 Å². The van der Waals surface area contributed by atoms with E-state index in [0.29, 0.717) is 11.1 Å². The second-order valence-corrected chi connectivity index (χ2v) is 4.27. The van der Waals surface area contributed by atoms with E-state index in [9.17, 15) is 4.79 Å². The fourth-order valence-electron chi connectivity index (χ4n) is 1.18. The second kappa shape index (κ2) is 4.76. The van der Waals surface area contributed by atoms with Crippen molar-refractivity contribution in [2.45, 2.75) is 6.92 Å². The predicted octanol–water partition coefficient (Wildman–Crippen LogP) is 2.89.